The second-order valence-corrected chi connectivity index (χ2v) is 5.11. The summed E-state index contributed by atoms with van der Waals surface area (Å²) in [6, 6.07) is 2.11. The van der Waals surface area contributed by atoms with Gasteiger partial charge in [0.05, 0.1) is 19.8 Å². The van der Waals surface area contributed by atoms with E-state index in [2.05, 4.69) is 9.71 Å². The van der Waals surface area contributed by atoms with Crippen LogP contribution in [-0.4, -0.2) is 49.8 Å². The molecule has 0 bridgehead atoms. The molecule has 9 nitrogen and oxygen atoms in total. The topological polar surface area (TPSA) is 132 Å². The lowest BCUT2D eigenvalue weighted by Gasteiger charge is -2.05. The maximum absolute atomic E-state index is 11.7. The number of rotatable bonds is 8. The second kappa shape index (κ2) is 7.09. The number of aromatic nitrogens is 1. The average Bonchev–Trinajstić information content (AvgIpc) is 2.38. The molecule has 1 aromatic rings. The van der Waals surface area contributed by atoms with E-state index in [4.69, 9.17) is 9.84 Å². The summed E-state index contributed by atoms with van der Waals surface area (Å²) in [5, 5.41) is 18.8. The van der Waals surface area contributed by atoms with Crippen molar-refractivity contribution >= 4 is 15.8 Å². The molecule has 0 atom stereocenters. The highest BCUT2D eigenvalue weighted by atomic mass is 32.2. The van der Waals surface area contributed by atoms with Gasteiger partial charge in [-0.05, 0) is 16.0 Å². The number of aliphatic hydroxyl groups excluding tert-OH is 1. The molecule has 0 aliphatic heterocycles. The van der Waals surface area contributed by atoms with Gasteiger partial charge in [-0.3, -0.25) is 0 Å². The van der Waals surface area contributed by atoms with E-state index < -0.39 is 20.8 Å². The van der Waals surface area contributed by atoms with Gasteiger partial charge in [-0.25, -0.2) is 13.1 Å². The van der Waals surface area contributed by atoms with Gasteiger partial charge in [-0.15, -0.1) is 0 Å². The van der Waals surface area contributed by atoms with Crippen molar-refractivity contribution in [1.82, 2.24) is 9.71 Å². The number of pyridine rings is 1. The minimum absolute atomic E-state index is 0.0271. The minimum Gasteiger partial charge on any atom is -0.394 e. The van der Waals surface area contributed by atoms with Crippen molar-refractivity contribution in [2.45, 2.75) is 4.90 Å². The monoisotopic (exact) mass is 291 g/mol. The molecule has 1 aromatic heterocycles. The van der Waals surface area contributed by atoms with E-state index in [-0.39, 0.29) is 31.3 Å². The molecule has 0 radical (unpaired) electrons. The van der Waals surface area contributed by atoms with E-state index in [0.717, 1.165) is 18.3 Å². The maximum Gasteiger partial charge on any atom is 0.363 e. The van der Waals surface area contributed by atoms with Crippen LogP contribution in [0.4, 0.5) is 5.82 Å². The predicted octanol–water partition coefficient (Wildman–Crippen LogP) is -0.723. The summed E-state index contributed by atoms with van der Waals surface area (Å²) in [5.41, 5.74) is 0. The first-order valence-electron chi connectivity index (χ1n) is 5.26. The number of sulfonamides is 1. The van der Waals surface area contributed by atoms with E-state index in [9.17, 15) is 18.5 Å². The van der Waals surface area contributed by atoms with Gasteiger partial charge < -0.3 is 20.0 Å². The third kappa shape index (κ3) is 4.87. The van der Waals surface area contributed by atoms with Crippen molar-refractivity contribution in [2.24, 2.45) is 0 Å². The third-order valence-electron chi connectivity index (χ3n) is 1.99. The zero-order chi connectivity index (χ0) is 14.3. The molecule has 0 aromatic carbocycles. The van der Waals surface area contributed by atoms with Crippen LogP contribution in [0.25, 0.3) is 0 Å². The van der Waals surface area contributed by atoms with Gasteiger partial charge in [0.15, 0.2) is 6.20 Å². The number of aliphatic hydroxyl groups is 1. The van der Waals surface area contributed by atoms with E-state index in [0.29, 0.717) is 0 Å². The SMILES string of the molecule is O=[N+]([O-])c1ccc(S(=O)(=O)NCCOCCO)cn1. The molecule has 0 saturated heterocycles. The summed E-state index contributed by atoms with van der Waals surface area (Å²) < 4.78 is 30.6. The number of nitro groups is 1. The van der Waals surface area contributed by atoms with E-state index in [1.54, 1.807) is 0 Å². The summed E-state index contributed by atoms with van der Waals surface area (Å²) in [5.74, 6) is -0.426. The molecule has 1 heterocycles. The summed E-state index contributed by atoms with van der Waals surface area (Å²) >= 11 is 0. The van der Waals surface area contributed by atoms with Gasteiger partial charge in [0, 0.05) is 12.6 Å². The summed E-state index contributed by atoms with van der Waals surface area (Å²) in [4.78, 5) is 12.9. The quantitative estimate of drug-likeness (QED) is 0.367. The van der Waals surface area contributed by atoms with Crippen LogP contribution >= 0.6 is 0 Å². The van der Waals surface area contributed by atoms with Crippen LogP contribution < -0.4 is 4.72 Å². The molecule has 0 aliphatic carbocycles. The Morgan fingerprint density at radius 1 is 1.42 bits per heavy atom. The standard InChI is InChI=1S/C9H13N3O6S/c13-4-6-18-5-3-11-19(16,17)8-1-2-9(10-7-8)12(14)15/h1-2,7,11,13H,3-6H2. The number of nitrogens with zero attached hydrogens (tertiary/aromatic N) is 2. The smallest absolute Gasteiger partial charge is 0.363 e. The summed E-state index contributed by atoms with van der Waals surface area (Å²) in [7, 11) is -3.77. The Kier molecular flexibility index (Phi) is 5.76. The van der Waals surface area contributed by atoms with Crippen molar-refractivity contribution in [3.63, 3.8) is 0 Å². The molecule has 0 amide bonds. The summed E-state index contributed by atoms with van der Waals surface area (Å²) in [6.07, 6.45) is 0.912. The van der Waals surface area contributed by atoms with Crippen LogP contribution in [0, 0.1) is 10.1 Å². The Bertz CT molecular complexity index is 515. The van der Waals surface area contributed by atoms with Gasteiger partial charge in [-0.1, -0.05) is 0 Å². The zero-order valence-corrected chi connectivity index (χ0v) is 10.7. The fourth-order valence-electron chi connectivity index (χ4n) is 1.14. The van der Waals surface area contributed by atoms with Crippen LogP contribution in [0.5, 0.6) is 0 Å². The van der Waals surface area contributed by atoms with Crippen LogP contribution in [0.2, 0.25) is 0 Å². The lowest BCUT2D eigenvalue weighted by molar-refractivity contribution is -0.389. The first-order chi connectivity index (χ1) is 8.97. The van der Waals surface area contributed by atoms with Crippen LogP contribution in [0.15, 0.2) is 23.2 Å². The van der Waals surface area contributed by atoms with Gasteiger partial charge in [0.1, 0.15) is 4.90 Å². The van der Waals surface area contributed by atoms with Crippen molar-refractivity contribution in [3.8, 4) is 0 Å². The maximum atomic E-state index is 11.7. The van der Waals surface area contributed by atoms with Gasteiger partial charge in [0.25, 0.3) is 0 Å². The number of nitrogens with one attached hydrogen (secondary N) is 1. The molecule has 0 aliphatic rings. The lowest BCUT2D eigenvalue weighted by Crippen LogP contribution is -2.27. The number of ether oxygens (including phenoxy) is 1. The van der Waals surface area contributed by atoms with Crippen molar-refractivity contribution < 1.29 is 23.2 Å². The van der Waals surface area contributed by atoms with Crippen molar-refractivity contribution in [2.75, 3.05) is 26.4 Å². The molecule has 0 unspecified atom stereocenters. The summed E-state index contributed by atoms with van der Waals surface area (Å²) in [6.45, 7) is 0.124. The Morgan fingerprint density at radius 2 is 2.16 bits per heavy atom. The van der Waals surface area contributed by atoms with Crippen molar-refractivity contribution in [1.29, 1.82) is 0 Å². The first kappa shape index (κ1) is 15.4. The van der Waals surface area contributed by atoms with E-state index in [1.165, 1.54) is 0 Å². The highest BCUT2D eigenvalue weighted by Crippen LogP contribution is 2.11. The Hall–Kier alpha value is -1.62. The normalized spacial score (nSPS) is 11.4. The molecule has 0 spiro atoms. The van der Waals surface area contributed by atoms with Gasteiger partial charge >= 0.3 is 5.82 Å². The Morgan fingerprint density at radius 3 is 2.68 bits per heavy atom. The molecular formula is C9H13N3O6S. The highest BCUT2D eigenvalue weighted by molar-refractivity contribution is 7.89. The average molecular weight is 291 g/mol. The molecule has 1 rings (SSSR count). The largest absolute Gasteiger partial charge is 0.394 e. The minimum atomic E-state index is -3.77. The molecule has 19 heavy (non-hydrogen) atoms. The Balaban J connectivity index is 2.59. The molecule has 0 saturated carbocycles. The second-order valence-electron chi connectivity index (χ2n) is 3.34. The van der Waals surface area contributed by atoms with Crippen molar-refractivity contribution in [3.05, 3.63) is 28.4 Å². The van der Waals surface area contributed by atoms with Gasteiger partial charge in [-0.2, -0.15) is 0 Å². The van der Waals surface area contributed by atoms with Crippen LogP contribution in [-0.2, 0) is 14.8 Å². The fraction of sp³-hybridized carbons (Fsp3) is 0.444. The molecule has 2 N–H and O–H groups in total. The molecule has 10 heteroatoms. The molecular weight excluding hydrogens is 278 g/mol. The van der Waals surface area contributed by atoms with Crippen LogP contribution in [0.1, 0.15) is 0 Å². The Labute approximate surface area is 109 Å². The van der Waals surface area contributed by atoms with Crippen LogP contribution in [0.3, 0.4) is 0 Å². The number of hydrogen-bond acceptors (Lipinski definition) is 7. The predicted molar refractivity (Wildman–Crippen MR) is 64.0 cm³/mol. The van der Waals surface area contributed by atoms with E-state index in [1.807, 2.05) is 0 Å². The number of hydrogen-bond donors (Lipinski definition) is 2. The molecule has 0 fully saturated rings. The lowest BCUT2D eigenvalue weighted by atomic mass is 10.5. The first-order valence-corrected chi connectivity index (χ1v) is 6.74. The highest BCUT2D eigenvalue weighted by Gasteiger charge is 2.17. The van der Waals surface area contributed by atoms with E-state index >= 15 is 0 Å². The molecule has 106 valence electrons. The third-order valence-corrected chi connectivity index (χ3v) is 3.44. The van der Waals surface area contributed by atoms with Gasteiger partial charge in [0.2, 0.25) is 10.0 Å². The fourth-order valence-corrected chi connectivity index (χ4v) is 2.09. The zero-order valence-electron chi connectivity index (χ0n) is 9.85.